The van der Waals surface area contributed by atoms with E-state index in [9.17, 15) is 9.59 Å². The number of halogens is 1. The van der Waals surface area contributed by atoms with Crippen molar-refractivity contribution in [2.75, 3.05) is 7.11 Å². The predicted molar refractivity (Wildman–Crippen MR) is 94.0 cm³/mol. The summed E-state index contributed by atoms with van der Waals surface area (Å²) in [4.78, 5) is 24.1. The molecule has 2 aromatic rings. The number of esters is 1. The third kappa shape index (κ3) is 3.25. The number of benzene rings is 2. The summed E-state index contributed by atoms with van der Waals surface area (Å²) in [7, 11) is 1.27. The minimum Gasteiger partial charge on any atom is -0.489 e. The van der Waals surface area contributed by atoms with Gasteiger partial charge in [0.15, 0.2) is 0 Å². The van der Waals surface area contributed by atoms with Gasteiger partial charge in [-0.15, -0.1) is 0 Å². The molecule has 2 N–H and O–H groups in total. The molecule has 26 heavy (non-hydrogen) atoms. The van der Waals surface area contributed by atoms with E-state index in [2.05, 4.69) is 0 Å². The molecule has 0 aliphatic heterocycles. The average Bonchev–Trinajstić information content (AvgIpc) is 3.43. The van der Waals surface area contributed by atoms with E-state index < -0.39 is 23.2 Å². The Kier molecular flexibility index (Phi) is 5.15. The van der Waals surface area contributed by atoms with Gasteiger partial charge in [-0.25, -0.2) is 5.48 Å². The van der Waals surface area contributed by atoms with Crippen LogP contribution in [0.4, 0.5) is 0 Å². The van der Waals surface area contributed by atoms with Crippen molar-refractivity contribution >= 4 is 23.5 Å². The van der Waals surface area contributed by atoms with Crippen LogP contribution in [0.2, 0.25) is 5.02 Å². The van der Waals surface area contributed by atoms with Crippen molar-refractivity contribution in [3.63, 3.8) is 0 Å². The van der Waals surface area contributed by atoms with Crippen LogP contribution in [0.3, 0.4) is 0 Å². The van der Waals surface area contributed by atoms with Crippen LogP contribution in [0.1, 0.15) is 17.5 Å². The second-order valence-electron chi connectivity index (χ2n) is 6.10. The molecule has 1 aliphatic rings. The molecular weight excluding hydrogens is 358 g/mol. The summed E-state index contributed by atoms with van der Waals surface area (Å²) < 4.78 is 10.7. The fraction of sp³-hybridized carbons (Fsp3) is 0.263. The first-order chi connectivity index (χ1) is 12.5. The second kappa shape index (κ2) is 7.35. The Morgan fingerprint density at radius 1 is 1.27 bits per heavy atom. The molecule has 7 heteroatoms. The Labute approximate surface area is 155 Å². The van der Waals surface area contributed by atoms with Gasteiger partial charge >= 0.3 is 5.97 Å². The monoisotopic (exact) mass is 375 g/mol. The van der Waals surface area contributed by atoms with Gasteiger partial charge < -0.3 is 9.47 Å². The molecule has 1 amide bonds. The van der Waals surface area contributed by atoms with Crippen molar-refractivity contribution in [2.45, 2.75) is 18.4 Å². The molecule has 136 valence electrons. The van der Waals surface area contributed by atoms with Gasteiger partial charge in [0.05, 0.1) is 13.0 Å². The zero-order valence-corrected chi connectivity index (χ0v) is 14.8. The van der Waals surface area contributed by atoms with Crippen LogP contribution in [0.5, 0.6) is 5.75 Å². The predicted octanol–water partition coefficient (Wildman–Crippen LogP) is 2.86. The van der Waals surface area contributed by atoms with Crippen LogP contribution in [-0.4, -0.2) is 24.2 Å². The third-order valence-electron chi connectivity index (χ3n) is 4.64. The lowest BCUT2D eigenvalue weighted by molar-refractivity contribution is -0.146. The van der Waals surface area contributed by atoms with Gasteiger partial charge in [0.25, 0.3) is 0 Å². The van der Waals surface area contributed by atoms with Gasteiger partial charge in [0.1, 0.15) is 17.8 Å². The molecule has 0 bridgehead atoms. The summed E-state index contributed by atoms with van der Waals surface area (Å²) in [5.41, 5.74) is 1.94. The summed E-state index contributed by atoms with van der Waals surface area (Å²) in [5.74, 6) is -1.27. The van der Waals surface area contributed by atoms with E-state index in [4.69, 9.17) is 26.3 Å². The lowest BCUT2D eigenvalue weighted by atomic mass is 9.92. The number of hydroxylamine groups is 1. The number of hydrogen-bond donors (Lipinski definition) is 2. The van der Waals surface area contributed by atoms with Crippen LogP contribution in [0.15, 0.2) is 48.5 Å². The molecule has 0 saturated heterocycles. The third-order valence-corrected chi connectivity index (χ3v) is 5.01. The van der Waals surface area contributed by atoms with E-state index in [1.807, 2.05) is 18.2 Å². The van der Waals surface area contributed by atoms with Gasteiger partial charge in [-0.05, 0) is 30.2 Å². The van der Waals surface area contributed by atoms with Crippen molar-refractivity contribution in [3.8, 4) is 5.75 Å². The van der Waals surface area contributed by atoms with Crippen LogP contribution >= 0.6 is 11.6 Å². The van der Waals surface area contributed by atoms with Gasteiger partial charge in [0, 0.05) is 10.6 Å². The number of methoxy groups -OCH3 is 1. The second-order valence-corrected chi connectivity index (χ2v) is 6.51. The molecule has 0 spiro atoms. The highest BCUT2D eigenvalue weighted by Crippen LogP contribution is 2.55. The molecule has 0 radical (unpaired) electrons. The Bertz CT molecular complexity index is 840. The van der Waals surface area contributed by atoms with E-state index in [0.29, 0.717) is 16.3 Å². The van der Waals surface area contributed by atoms with E-state index in [0.717, 1.165) is 5.56 Å². The molecule has 2 atom stereocenters. The van der Waals surface area contributed by atoms with Gasteiger partial charge in [-0.1, -0.05) is 41.9 Å². The number of carbonyl (C=O) groups excluding carboxylic acids is 2. The fourth-order valence-corrected chi connectivity index (χ4v) is 3.33. The topological polar surface area (TPSA) is 84.9 Å². The molecule has 0 heterocycles. The summed E-state index contributed by atoms with van der Waals surface area (Å²) in [6.45, 7) is 0.273. The lowest BCUT2D eigenvalue weighted by Crippen LogP contribution is -2.31. The molecule has 0 aromatic heterocycles. The van der Waals surface area contributed by atoms with Crippen molar-refractivity contribution in [2.24, 2.45) is 5.92 Å². The van der Waals surface area contributed by atoms with Crippen LogP contribution in [0, 0.1) is 5.92 Å². The van der Waals surface area contributed by atoms with Crippen LogP contribution < -0.4 is 10.2 Å². The van der Waals surface area contributed by atoms with Crippen LogP contribution in [-0.2, 0) is 26.3 Å². The standard InChI is InChI=1S/C19H18ClNO5/c1-25-18(23)19(10-15(19)17(22)21-24)13-6-4-7-14(9-13)26-11-12-5-2-3-8-16(12)20/h2-9,15,24H,10-11H2,1H3,(H,21,22). The molecule has 6 nitrogen and oxygen atoms in total. The van der Waals surface area contributed by atoms with Gasteiger partial charge in [-0.2, -0.15) is 0 Å². The van der Waals surface area contributed by atoms with E-state index >= 15 is 0 Å². The SMILES string of the molecule is COC(=O)C1(c2cccc(OCc3ccccc3Cl)c2)CC1C(=O)NO. The number of carbonyl (C=O) groups is 2. The molecule has 2 unspecified atom stereocenters. The number of hydrogen-bond acceptors (Lipinski definition) is 5. The highest BCUT2D eigenvalue weighted by Gasteiger charge is 2.65. The zero-order valence-electron chi connectivity index (χ0n) is 14.1. The molecule has 2 aromatic carbocycles. The first kappa shape index (κ1) is 18.2. The maximum absolute atomic E-state index is 12.3. The Morgan fingerprint density at radius 3 is 2.73 bits per heavy atom. The van der Waals surface area contributed by atoms with E-state index in [1.54, 1.807) is 35.8 Å². The summed E-state index contributed by atoms with van der Waals surface area (Å²) in [5, 5.41) is 9.49. The van der Waals surface area contributed by atoms with Crippen LogP contribution in [0.25, 0.3) is 0 Å². The molecular formula is C19H18ClNO5. The first-order valence-corrected chi connectivity index (χ1v) is 8.40. The van der Waals surface area contributed by atoms with Crippen molar-refractivity contribution in [1.29, 1.82) is 0 Å². The van der Waals surface area contributed by atoms with Crippen molar-refractivity contribution in [1.82, 2.24) is 5.48 Å². The Balaban J connectivity index is 1.83. The highest BCUT2D eigenvalue weighted by atomic mass is 35.5. The number of rotatable bonds is 6. The maximum atomic E-state index is 12.3. The maximum Gasteiger partial charge on any atom is 0.317 e. The van der Waals surface area contributed by atoms with E-state index in [1.165, 1.54) is 7.11 Å². The molecule has 3 rings (SSSR count). The quantitative estimate of drug-likeness (QED) is 0.460. The first-order valence-electron chi connectivity index (χ1n) is 8.02. The smallest absolute Gasteiger partial charge is 0.317 e. The van der Waals surface area contributed by atoms with Crippen molar-refractivity contribution < 1.29 is 24.3 Å². The normalized spacial score (nSPS) is 21.0. The number of nitrogens with one attached hydrogen (secondary N) is 1. The zero-order chi connectivity index (χ0) is 18.7. The summed E-state index contributed by atoms with van der Waals surface area (Å²) in [6.07, 6.45) is 0.264. The lowest BCUT2D eigenvalue weighted by Gasteiger charge is -2.16. The molecule has 1 fully saturated rings. The average molecular weight is 376 g/mol. The van der Waals surface area contributed by atoms with Crippen molar-refractivity contribution in [3.05, 3.63) is 64.7 Å². The summed E-state index contributed by atoms with van der Waals surface area (Å²) >= 11 is 6.13. The molecule has 1 saturated carbocycles. The minimum absolute atomic E-state index is 0.264. The van der Waals surface area contributed by atoms with E-state index in [-0.39, 0.29) is 13.0 Å². The number of amides is 1. The molecule has 1 aliphatic carbocycles. The van der Waals surface area contributed by atoms with Gasteiger partial charge in [-0.3, -0.25) is 14.8 Å². The Morgan fingerprint density at radius 2 is 2.04 bits per heavy atom. The minimum atomic E-state index is -1.11. The largest absolute Gasteiger partial charge is 0.489 e. The highest BCUT2D eigenvalue weighted by molar-refractivity contribution is 6.31. The fourth-order valence-electron chi connectivity index (χ4n) is 3.14. The van der Waals surface area contributed by atoms with Gasteiger partial charge in [0.2, 0.25) is 5.91 Å². The number of ether oxygens (including phenoxy) is 2. The Hall–Kier alpha value is -2.57. The summed E-state index contributed by atoms with van der Waals surface area (Å²) in [6, 6.07) is 14.3.